The summed E-state index contributed by atoms with van der Waals surface area (Å²) in [5.41, 5.74) is 5.19. The van der Waals surface area contributed by atoms with Crippen LogP contribution in [0.3, 0.4) is 0 Å². The second kappa shape index (κ2) is 15.6. The van der Waals surface area contributed by atoms with Crippen molar-refractivity contribution in [3.8, 4) is 16.9 Å². The molecule has 7 rings (SSSR count). The molecule has 8 atom stereocenters. The normalized spacial score (nSPS) is 27.0. The number of aliphatic hydroxyl groups is 2. The van der Waals surface area contributed by atoms with E-state index in [9.17, 15) is 19.8 Å². The third-order valence-electron chi connectivity index (χ3n) is 12.2. The zero-order valence-corrected chi connectivity index (χ0v) is 31.6. The summed E-state index contributed by atoms with van der Waals surface area (Å²) < 4.78 is 6.05. The van der Waals surface area contributed by atoms with Gasteiger partial charge in [0.15, 0.2) is 0 Å². The largest absolute Gasteiger partial charge is 0.496 e. The number of anilines is 1. The number of rotatable bonds is 13. The molecule has 3 saturated carbocycles. The molecule has 0 unspecified atom stereocenters. The number of hydrogen-bond donors (Lipinski definition) is 4. The molecular weight excluding hydrogens is 656 g/mol. The number of nitrogens with one attached hydrogen (secondary N) is 2. The van der Waals surface area contributed by atoms with Gasteiger partial charge in [-0.2, -0.15) is 5.06 Å². The maximum Gasteiger partial charge on any atom is 0.251 e. The molecule has 0 aromatic heterocycles. The van der Waals surface area contributed by atoms with E-state index in [1.54, 1.807) is 19.1 Å². The summed E-state index contributed by atoms with van der Waals surface area (Å²) in [7, 11) is 5.48. The minimum absolute atomic E-state index is 0.0422. The predicted octanol–water partition coefficient (Wildman–Crippen LogP) is 5.06. The first-order valence-electron chi connectivity index (χ1n) is 18.7. The summed E-state index contributed by atoms with van der Waals surface area (Å²) in [6.45, 7) is 8.91. The lowest BCUT2D eigenvalue weighted by Crippen LogP contribution is -2.62. The lowest BCUT2D eigenvalue weighted by atomic mass is 9.45. The number of aliphatic hydroxyl groups excluding tert-OH is 2. The molecule has 4 N–H and O–H groups in total. The van der Waals surface area contributed by atoms with E-state index in [1.165, 1.54) is 6.42 Å². The molecule has 0 spiro atoms. The Kier molecular flexibility index (Phi) is 11.3. The van der Waals surface area contributed by atoms with Gasteiger partial charge >= 0.3 is 0 Å². The highest BCUT2D eigenvalue weighted by Gasteiger charge is 2.57. The minimum Gasteiger partial charge on any atom is -0.496 e. The van der Waals surface area contributed by atoms with Crippen LogP contribution >= 0.6 is 0 Å². The Hall–Kier alpha value is -3.96. The number of benzene rings is 3. The van der Waals surface area contributed by atoms with Crippen LogP contribution in [-0.4, -0.2) is 85.7 Å². The summed E-state index contributed by atoms with van der Waals surface area (Å²) in [5.74, 6) is 1.06. The van der Waals surface area contributed by atoms with Gasteiger partial charge in [-0.25, -0.2) is 0 Å². The third-order valence-corrected chi connectivity index (χ3v) is 12.2. The van der Waals surface area contributed by atoms with Gasteiger partial charge in [0.1, 0.15) is 17.9 Å². The molecule has 10 nitrogen and oxygen atoms in total. The molecule has 3 aromatic carbocycles. The third kappa shape index (κ3) is 7.44. The van der Waals surface area contributed by atoms with E-state index in [-0.39, 0.29) is 36.4 Å². The second-order valence-corrected chi connectivity index (χ2v) is 15.9. The number of methoxy groups -OCH3 is 1. The molecule has 3 aromatic rings. The van der Waals surface area contributed by atoms with Crippen LogP contribution in [0.25, 0.3) is 11.1 Å². The minimum atomic E-state index is -0.895. The quantitative estimate of drug-likeness (QED) is 0.194. The number of nitrogens with zero attached hydrogens (tertiary/aromatic N) is 2. The molecule has 1 aliphatic heterocycles. The molecule has 4 aliphatic rings. The number of carbonyl (C=O) groups excluding carboxylic acids is 2. The summed E-state index contributed by atoms with van der Waals surface area (Å²) in [4.78, 5) is 35.9. The average molecular weight is 713 g/mol. The van der Waals surface area contributed by atoms with Gasteiger partial charge in [-0.05, 0) is 78.7 Å². The zero-order valence-electron chi connectivity index (χ0n) is 31.6. The highest BCUT2D eigenvalue weighted by atomic mass is 16.7. The van der Waals surface area contributed by atoms with Crippen molar-refractivity contribution >= 4 is 17.5 Å². The zero-order chi connectivity index (χ0) is 37.3. The lowest BCUT2D eigenvalue weighted by molar-refractivity contribution is -0.183. The Morgan fingerprint density at radius 1 is 1.08 bits per heavy atom. The van der Waals surface area contributed by atoms with Crippen LogP contribution < -0.4 is 20.3 Å². The van der Waals surface area contributed by atoms with Gasteiger partial charge < -0.3 is 30.5 Å². The van der Waals surface area contributed by atoms with Crippen LogP contribution in [0.2, 0.25) is 0 Å². The van der Waals surface area contributed by atoms with Gasteiger partial charge in [0, 0.05) is 55.0 Å². The van der Waals surface area contributed by atoms with Gasteiger partial charge in [-0.3, -0.25) is 14.4 Å². The van der Waals surface area contributed by atoms with E-state index in [0.717, 1.165) is 40.8 Å². The van der Waals surface area contributed by atoms with Crippen LogP contribution in [0.5, 0.6) is 5.75 Å². The number of hydrogen-bond acceptors (Lipinski definition) is 8. The van der Waals surface area contributed by atoms with E-state index >= 15 is 0 Å². The van der Waals surface area contributed by atoms with E-state index in [2.05, 4.69) is 31.4 Å². The standard InChI is InChI=1S/C42H56N4O6/c1-25-34-21-31(42(34,3)4)22-35(25)44-41(50)38-37(26(2)48)36(24-47)52-46(38)23-28-14-11-15-33(39(28)51-7)29-18-30(20-32(19-29)45(5)6)40(49)43-17-16-27-12-9-8-10-13-27/h8-15,18-20,25-26,31,34-38,47-48H,16-17,21-24H2,1-7H3,(H,43,49)(H,44,50)/t25-,26-,31-,34+,35-,36-,37+,38-/m0/s1. The van der Waals surface area contributed by atoms with E-state index in [1.807, 2.05) is 85.7 Å². The summed E-state index contributed by atoms with van der Waals surface area (Å²) in [6.07, 6.45) is 1.22. The Bertz CT molecular complexity index is 1730. The maximum atomic E-state index is 14.2. The fourth-order valence-corrected chi connectivity index (χ4v) is 9.05. The average Bonchev–Trinajstić information content (AvgIpc) is 3.51. The van der Waals surface area contributed by atoms with E-state index < -0.39 is 24.2 Å². The topological polar surface area (TPSA) is 124 Å². The van der Waals surface area contributed by atoms with Crippen LogP contribution in [0.4, 0.5) is 5.69 Å². The Balaban J connectivity index is 1.26. The van der Waals surface area contributed by atoms with Crippen molar-refractivity contribution in [1.29, 1.82) is 0 Å². The second-order valence-electron chi connectivity index (χ2n) is 15.9. The number of para-hydroxylation sites is 1. The lowest BCUT2D eigenvalue weighted by Gasteiger charge is -2.62. The maximum absolute atomic E-state index is 14.2. The molecule has 1 saturated heterocycles. The fourth-order valence-electron chi connectivity index (χ4n) is 9.05. The first-order chi connectivity index (χ1) is 24.8. The molecule has 3 aliphatic carbocycles. The first-order valence-corrected chi connectivity index (χ1v) is 18.7. The molecule has 4 fully saturated rings. The van der Waals surface area contributed by atoms with E-state index in [4.69, 9.17) is 9.57 Å². The summed E-state index contributed by atoms with van der Waals surface area (Å²) >= 11 is 0. The van der Waals surface area contributed by atoms with Crippen molar-refractivity contribution in [1.82, 2.24) is 15.7 Å². The molecule has 2 bridgehead atoms. The monoisotopic (exact) mass is 712 g/mol. The van der Waals surface area contributed by atoms with Crippen LogP contribution in [0, 0.1) is 29.1 Å². The molecule has 2 amide bonds. The van der Waals surface area contributed by atoms with Crippen LogP contribution in [0.15, 0.2) is 66.7 Å². The SMILES string of the molecule is COc1c(CN2O[C@@H](CO)[C@@H]([C@H](C)O)[C@H]2C(=O)N[C@H]2C[C@@H]3C[C@H]([C@@H]2C)C3(C)C)cccc1-c1cc(C(=O)NCCc2ccccc2)cc(N(C)C)c1. The van der Waals surface area contributed by atoms with Crippen molar-refractivity contribution in [2.75, 3.05) is 39.3 Å². The van der Waals surface area contributed by atoms with Crippen molar-refractivity contribution in [2.45, 2.75) is 77.8 Å². The predicted molar refractivity (Wildman–Crippen MR) is 203 cm³/mol. The Morgan fingerprint density at radius 3 is 2.46 bits per heavy atom. The number of amides is 2. The van der Waals surface area contributed by atoms with Gasteiger partial charge in [0.05, 0.1) is 26.4 Å². The molecular formula is C42H56N4O6. The summed E-state index contributed by atoms with van der Waals surface area (Å²) in [5, 5.41) is 29.3. The number of ether oxygens (including phenoxy) is 1. The van der Waals surface area contributed by atoms with Crippen LogP contribution in [-0.2, 0) is 22.6 Å². The molecule has 280 valence electrons. The number of fused-ring (bicyclic) bond motifs is 2. The Morgan fingerprint density at radius 2 is 1.83 bits per heavy atom. The van der Waals surface area contributed by atoms with Crippen molar-refractivity contribution in [2.24, 2.45) is 29.1 Å². The highest BCUT2D eigenvalue weighted by molar-refractivity contribution is 5.97. The van der Waals surface area contributed by atoms with Crippen LogP contribution in [0.1, 0.15) is 62.0 Å². The van der Waals surface area contributed by atoms with Crippen molar-refractivity contribution in [3.05, 3.63) is 83.4 Å². The molecule has 52 heavy (non-hydrogen) atoms. The first kappa shape index (κ1) is 37.8. The summed E-state index contributed by atoms with van der Waals surface area (Å²) in [6, 6.07) is 20.9. The molecule has 0 radical (unpaired) electrons. The fraction of sp³-hybridized carbons (Fsp3) is 0.524. The van der Waals surface area contributed by atoms with Gasteiger partial charge in [-0.1, -0.05) is 69.3 Å². The van der Waals surface area contributed by atoms with Crippen molar-refractivity contribution < 1.29 is 29.4 Å². The van der Waals surface area contributed by atoms with E-state index in [0.29, 0.717) is 35.6 Å². The smallest absolute Gasteiger partial charge is 0.251 e. The van der Waals surface area contributed by atoms with Gasteiger partial charge in [-0.15, -0.1) is 0 Å². The molecule has 1 heterocycles. The number of hydroxylamine groups is 2. The Labute approximate surface area is 308 Å². The highest BCUT2D eigenvalue weighted by Crippen LogP contribution is 2.61. The van der Waals surface area contributed by atoms with Gasteiger partial charge in [0.2, 0.25) is 5.91 Å². The van der Waals surface area contributed by atoms with Crippen molar-refractivity contribution in [3.63, 3.8) is 0 Å². The number of carbonyl (C=O) groups is 2. The molecule has 10 heteroatoms. The van der Waals surface area contributed by atoms with Gasteiger partial charge in [0.25, 0.3) is 5.91 Å².